The average molecular weight is 303 g/mol. The second-order valence-corrected chi connectivity index (χ2v) is 4.35. The van der Waals surface area contributed by atoms with Crippen LogP contribution < -0.4 is 10.0 Å². The average Bonchev–Trinajstić information content (AvgIpc) is 2.23. The molecule has 0 aliphatic heterocycles. The van der Waals surface area contributed by atoms with E-state index in [9.17, 15) is 22.8 Å². The van der Waals surface area contributed by atoms with Crippen LogP contribution in [-0.2, 0) is 24.6 Å². The van der Waals surface area contributed by atoms with Crippen LogP contribution >= 0.6 is 11.6 Å². The van der Waals surface area contributed by atoms with Crippen LogP contribution in [0.5, 0.6) is 0 Å². The largest absolute Gasteiger partial charge is 0.436 e. The number of nitrogens with one attached hydrogen (secondary N) is 2. The molecule has 0 aromatic rings. The van der Waals surface area contributed by atoms with Crippen molar-refractivity contribution in [1.82, 2.24) is 10.0 Å². The summed E-state index contributed by atoms with van der Waals surface area (Å²) in [4.78, 5) is 33.0. The molecule has 0 aliphatic carbocycles. The Kier molecular flexibility index (Phi) is 6.58. The zero-order valence-corrected chi connectivity index (χ0v) is 10.7. The molecule has 0 bridgehead atoms. The molecule has 0 saturated heterocycles. The van der Waals surface area contributed by atoms with E-state index in [1.54, 1.807) is 5.32 Å². The van der Waals surface area contributed by atoms with Crippen molar-refractivity contribution in [2.75, 3.05) is 5.88 Å². The summed E-state index contributed by atoms with van der Waals surface area (Å²) >= 11 is 5.10. The molecule has 0 radical (unpaired) electrons. The van der Waals surface area contributed by atoms with E-state index >= 15 is 0 Å². The molecule has 0 fully saturated rings. The summed E-state index contributed by atoms with van der Waals surface area (Å²) in [7, 11) is -4.74. The van der Waals surface area contributed by atoms with Crippen molar-refractivity contribution in [3.05, 3.63) is 0 Å². The van der Waals surface area contributed by atoms with Crippen molar-refractivity contribution in [1.29, 1.82) is 0 Å². The molecule has 0 saturated carbocycles. The summed E-state index contributed by atoms with van der Waals surface area (Å²) < 4.78 is 34.8. The van der Waals surface area contributed by atoms with Gasteiger partial charge >= 0.3 is 16.4 Å². The molecule has 0 aromatic heterocycles. The third-order valence-corrected chi connectivity index (χ3v) is 2.21. The fourth-order valence-electron chi connectivity index (χ4n) is 0.821. The molecular formula is C7H11ClN2O7S. The lowest BCUT2D eigenvalue weighted by molar-refractivity contribution is -0.128. The van der Waals surface area contributed by atoms with Gasteiger partial charge in [-0.1, -0.05) is 6.92 Å². The molecular weight excluding hydrogens is 292 g/mol. The molecule has 1 unspecified atom stereocenters. The van der Waals surface area contributed by atoms with Gasteiger partial charge in [0.2, 0.25) is 5.91 Å². The minimum atomic E-state index is -4.74. The Hall–Kier alpha value is -1.39. The Morgan fingerprint density at radius 3 is 2.33 bits per heavy atom. The van der Waals surface area contributed by atoms with E-state index in [-0.39, 0.29) is 6.42 Å². The zero-order valence-electron chi connectivity index (χ0n) is 9.17. The fourth-order valence-corrected chi connectivity index (χ4v) is 1.27. The third-order valence-electron chi connectivity index (χ3n) is 1.50. The van der Waals surface area contributed by atoms with Crippen LogP contribution in [0.4, 0.5) is 4.79 Å². The molecule has 9 nitrogen and oxygen atoms in total. The number of imide groups is 1. The van der Waals surface area contributed by atoms with E-state index in [1.807, 2.05) is 0 Å². The summed E-state index contributed by atoms with van der Waals surface area (Å²) in [5, 5.41) is 1.69. The van der Waals surface area contributed by atoms with Gasteiger partial charge in [0, 0.05) is 0 Å². The van der Waals surface area contributed by atoms with Crippen molar-refractivity contribution >= 4 is 39.8 Å². The van der Waals surface area contributed by atoms with Gasteiger partial charge in [-0.3, -0.25) is 19.5 Å². The quantitative estimate of drug-likeness (QED) is 0.445. The minimum Gasteiger partial charge on any atom is -0.436 e. The first-order chi connectivity index (χ1) is 8.19. The zero-order chi connectivity index (χ0) is 14.3. The van der Waals surface area contributed by atoms with Crippen molar-refractivity contribution in [3.8, 4) is 0 Å². The highest BCUT2D eigenvalue weighted by Crippen LogP contribution is 1.99. The Bertz CT molecular complexity index is 435. The normalized spacial score (nSPS) is 12.4. The highest BCUT2D eigenvalue weighted by molar-refractivity contribution is 7.84. The van der Waals surface area contributed by atoms with Crippen molar-refractivity contribution in [2.45, 2.75) is 19.4 Å². The van der Waals surface area contributed by atoms with E-state index < -0.39 is 40.2 Å². The van der Waals surface area contributed by atoms with E-state index in [4.69, 9.17) is 16.2 Å². The molecule has 0 aliphatic rings. The summed E-state index contributed by atoms with van der Waals surface area (Å²) in [5.41, 5.74) is 0. The van der Waals surface area contributed by atoms with Gasteiger partial charge in [0.15, 0.2) is 6.10 Å². The van der Waals surface area contributed by atoms with Crippen molar-refractivity contribution < 1.29 is 32.1 Å². The first-order valence-electron chi connectivity index (χ1n) is 4.55. The van der Waals surface area contributed by atoms with Gasteiger partial charge in [0.1, 0.15) is 5.88 Å². The van der Waals surface area contributed by atoms with Crippen LogP contribution in [0.1, 0.15) is 13.3 Å². The van der Waals surface area contributed by atoms with E-state index in [0.717, 1.165) is 0 Å². The number of amides is 3. The van der Waals surface area contributed by atoms with Crippen LogP contribution in [0, 0.1) is 0 Å². The monoisotopic (exact) mass is 302 g/mol. The maximum Gasteiger partial charge on any atom is 0.414 e. The SMILES string of the molecule is CCC(OC(=O)NC(=O)CCl)C(=O)NS(=O)(=O)O. The molecule has 104 valence electrons. The molecule has 0 spiro atoms. The van der Waals surface area contributed by atoms with Gasteiger partial charge in [0.05, 0.1) is 0 Å². The van der Waals surface area contributed by atoms with Crippen LogP contribution in [0.25, 0.3) is 0 Å². The molecule has 3 amide bonds. The molecule has 0 aromatic carbocycles. The number of rotatable bonds is 5. The maximum atomic E-state index is 11.2. The van der Waals surface area contributed by atoms with E-state index in [1.165, 1.54) is 11.6 Å². The molecule has 18 heavy (non-hydrogen) atoms. The van der Waals surface area contributed by atoms with Crippen molar-refractivity contribution in [3.63, 3.8) is 0 Å². The number of ether oxygens (including phenoxy) is 1. The number of hydrogen-bond acceptors (Lipinski definition) is 6. The van der Waals surface area contributed by atoms with E-state index in [2.05, 4.69) is 4.74 Å². The van der Waals surface area contributed by atoms with Crippen LogP contribution in [-0.4, -0.2) is 42.9 Å². The number of carbonyl (C=O) groups excluding carboxylic acids is 3. The lowest BCUT2D eigenvalue weighted by Gasteiger charge is -2.14. The highest BCUT2D eigenvalue weighted by Gasteiger charge is 2.24. The molecule has 3 N–H and O–H groups in total. The molecule has 11 heteroatoms. The minimum absolute atomic E-state index is 0.0656. The standard InChI is InChI=1S/C7H11ClN2O7S/c1-2-4(6(12)10-18(14,15)16)17-7(13)9-5(11)3-8/h4H,2-3H2,1H3,(H,10,12)(H,9,11,13)(H,14,15,16). The highest BCUT2D eigenvalue weighted by atomic mass is 35.5. The molecule has 0 rings (SSSR count). The maximum absolute atomic E-state index is 11.2. The predicted octanol–water partition coefficient (Wildman–Crippen LogP) is -0.824. The van der Waals surface area contributed by atoms with E-state index in [0.29, 0.717) is 0 Å². The summed E-state index contributed by atoms with van der Waals surface area (Å²) in [6.45, 7) is 1.42. The first-order valence-corrected chi connectivity index (χ1v) is 6.52. The van der Waals surface area contributed by atoms with Crippen molar-refractivity contribution in [2.24, 2.45) is 0 Å². The Morgan fingerprint density at radius 1 is 1.39 bits per heavy atom. The summed E-state index contributed by atoms with van der Waals surface area (Å²) in [6, 6.07) is 0. The second-order valence-electron chi connectivity index (χ2n) is 2.93. The van der Waals surface area contributed by atoms with Gasteiger partial charge in [0.25, 0.3) is 5.91 Å². The van der Waals surface area contributed by atoms with Gasteiger partial charge < -0.3 is 4.74 Å². The number of halogens is 1. The van der Waals surface area contributed by atoms with Gasteiger partial charge in [-0.25, -0.2) is 9.52 Å². The van der Waals surface area contributed by atoms with Gasteiger partial charge in [-0.15, -0.1) is 11.6 Å². The van der Waals surface area contributed by atoms with Crippen LogP contribution in [0.2, 0.25) is 0 Å². The smallest absolute Gasteiger partial charge is 0.414 e. The number of alkyl carbamates (subject to hydrolysis) is 1. The van der Waals surface area contributed by atoms with Crippen LogP contribution in [0.15, 0.2) is 0 Å². The lowest BCUT2D eigenvalue weighted by atomic mass is 10.3. The van der Waals surface area contributed by atoms with Crippen LogP contribution in [0.3, 0.4) is 0 Å². The molecule has 1 atom stereocenters. The first kappa shape index (κ1) is 16.6. The predicted molar refractivity (Wildman–Crippen MR) is 59.1 cm³/mol. The Balaban J connectivity index is 4.47. The number of carbonyl (C=O) groups is 3. The lowest BCUT2D eigenvalue weighted by Crippen LogP contribution is -2.43. The Labute approximate surface area is 108 Å². The third kappa shape index (κ3) is 7.04. The Morgan fingerprint density at radius 2 is 1.94 bits per heavy atom. The molecule has 0 heterocycles. The fraction of sp³-hybridized carbons (Fsp3) is 0.571. The van der Waals surface area contributed by atoms with Gasteiger partial charge in [-0.05, 0) is 6.42 Å². The van der Waals surface area contributed by atoms with Gasteiger partial charge in [-0.2, -0.15) is 8.42 Å². The second kappa shape index (κ2) is 7.13. The summed E-state index contributed by atoms with van der Waals surface area (Å²) in [5.74, 6) is -2.57. The number of alkyl halides is 1. The topological polar surface area (TPSA) is 139 Å². The number of hydrogen-bond donors (Lipinski definition) is 3. The summed E-state index contributed by atoms with van der Waals surface area (Å²) in [6.07, 6.45) is -2.79.